The van der Waals surface area contributed by atoms with E-state index in [1.165, 1.54) is 14.7 Å². The summed E-state index contributed by atoms with van der Waals surface area (Å²) in [6.45, 7) is 4.41. The van der Waals surface area contributed by atoms with Crippen LogP contribution in [0.1, 0.15) is 30.9 Å². The van der Waals surface area contributed by atoms with E-state index in [1.807, 2.05) is 0 Å². The first kappa shape index (κ1) is 10.3. The molecule has 66 valence electrons. The van der Waals surface area contributed by atoms with Gasteiger partial charge in [-0.25, -0.2) is 0 Å². The van der Waals surface area contributed by atoms with Gasteiger partial charge in [-0.2, -0.15) is 0 Å². The molecular weight excluding hydrogens is 282 g/mol. The molecule has 0 radical (unpaired) electrons. The topological polar surface area (TPSA) is 0 Å². The van der Waals surface area contributed by atoms with E-state index < -0.39 is 0 Å². The normalized spacial score (nSPS) is 10.8. The van der Waals surface area contributed by atoms with Gasteiger partial charge in [-0.1, -0.05) is 26.0 Å². The Morgan fingerprint density at radius 3 is 2.58 bits per heavy atom. The van der Waals surface area contributed by atoms with E-state index in [2.05, 4.69) is 54.6 Å². The molecule has 0 heterocycles. The number of alkyl halides is 1. The lowest BCUT2D eigenvalue weighted by Crippen LogP contribution is -1.93. The third-order valence-corrected chi connectivity index (χ3v) is 3.13. The van der Waals surface area contributed by atoms with Gasteiger partial charge in [-0.05, 0) is 45.7 Å². The van der Waals surface area contributed by atoms with Crippen LogP contribution in [0.2, 0.25) is 0 Å². The van der Waals surface area contributed by atoms with Gasteiger partial charge in [0.25, 0.3) is 0 Å². The molecule has 1 aromatic rings. The molecule has 0 amide bonds. The van der Waals surface area contributed by atoms with Crippen molar-refractivity contribution in [3.8, 4) is 0 Å². The summed E-state index contributed by atoms with van der Waals surface area (Å²) in [4.78, 5) is 0. The molecule has 0 aliphatic rings. The molecule has 0 N–H and O–H groups in total. The lowest BCUT2D eigenvalue weighted by Gasteiger charge is -2.09. The van der Waals surface area contributed by atoms with Gasteiger partial charge in [0.1, 0.15) is 0 Å². The Bertz CT molecular complexity index is 269. The molecule has 0 saturated heterocycles. The molecule has 0 atom stereocenters. The van der Waals surface area contributed by atoms with Crippen LogP contribution in [-0.4, -0.2) is 0 Å². The molecule has 0 unspecified atom stereocenters. The molecule has 1 rings (SSSR count). The highest BCUT2D eigenvalue weighted by Crippen LogP contribution is 2.23. The average molecular weight is 295 g/mol. The minimum absolute atomic E-state index is 0.583. The Labute approximate surface area is 92.5 Å². The summed E-state index contributed by atoms with van der Waals surface area (Å²) in [7, 11) is 0. The van der Waals surface area contributed by atoms with Crippen molar-refractivity contribution in [2.45, 2.75) is 25.6 Å². The van der Waals surface area contributed by atoms with Crippen LogP contribution in [0, 0.1) is 3.57 Å². The predicted octanol–water partition coefficient (Wildman–Crippen LogP) is 4.15. The Kier molecular flexibility index (Phi) is 3.84. The summed E-state index contributed by atoms with van der Waals surface area (Å²) in [5.41, 5.74) is 2.61. The van der Waals surface area contributed by atoms with Crippen molar-refractivity contribution in [1.82, 2.24) is 0 Å². The predicted molar refractivity (Wildman–Crippen MR) is 62.8 cm³/mol. The zero-order valence-electron chi connectivity index (χ0n) is 7.27. The van der Waals surface area contributed by atoms with Crippen LogP contribution < -0.4 is 0 Å². The van der Waals surface area contributed by atoms with Crippen molar-refractivity contribution in [3.63, 3.8) is 0 Å². The summed E-state index contributed by atoms with van der Waals surface area (Å²) in [5.74, 6) is 1.19. The number of rotatable bonds is 2. The van der Waals surface area contributed by atoms with Crippen molar-refractivity contribution in [2.24, 2.45) is 0 Å². The van der Waals surface area contributed by atoms with Crippen LogP contribution in [0.3, 0.4) is 0 Å². The molecule has 0 aliphatic carbocycles. The SMILES string of the molecule is CC(C)c1cc(CCl)ccc1I. The average Bonchev–Trinajstić information content (AvgIpc) is 2.05. The van der Waals surface area contributed by atoms with Gasteiger partial charge in [0, 0.05) is 9.45 Å². The van der Waals surface area contributed by atoms with Gasteiger partial charge in [0.15, 0.2) is 0 Å². The van der Waals surface area contributed by atoms with Crippen LogP contribution >= 0.6 is 34.2 Å². The largest absolute Gasteiger partial charge is 0.122 e. The quantitative estimate of drug-likeness (QED) is 0.568. The van der Waals surface area contributed by atoms with Crippen molar-refractivity contribution >= 4 is 34.2 Å². The van der Waals surface area contributed by atoms with Crippen LogP contribution in [0.5, 0.6) is 0 Å². The monoisotopic (exact) mass is 294 g/mol. The van der Waals surface area contributed by atoms with Crippen molar-refractivity contribution < 1.29 is 0 Å². The Balaban J connectivity index is 3.08. The zero-order valence-corrected chi connectivity index (χ0v) is 10.2. The highest BCUT2D eigenvalue weighted by atomic mass is 127. The molecular formula is C10H12ClI. The number of benzene rings is 1. The van der Waals surface area contributed by atoms with Gasteiger partial charge >= 0.3 is 0 Å². The molecule has 12 heavy (non-hydrogen) atoms. The van der Waals surface area contributed by atoms with Crippen LogP contribution in [0.25, 0.3) is 0 Å². The Morgan fingerprint density at radius 1 is 1.42 bits per heavy atom. The first-order valence-corrected chi connectivity index (χ1v) is 5.60. The number of halogens is 2. The molecule has 2 heteroatoms. The summed E-state index contributed by atoms with van der Waals surface area (Å²) >= 11 is 8.12. The summed E-state index contributed by atoms with van der Waals surface area (Å²) in [5, 5.41) is 0. The molecule has 1 aromatic carbocycles. The van der Waals surface area contributed by atoms with Crippen LogP contribution in [0.4, 0.5) is 0 Å². The van der Waals surface area contributed by atoms with Crippen molar-refractivity contribution in [3.05, 3.63) is 32.9 Å². The van der Waals surface area contributed by atoms with E-state index in [-0.39, 0.29) is 0 Å². The minimum atomic E-state index is 0.583. The number of hydrogen-bond donors (Lipinski definition) is 0. The van der Waals surface area contributed by atoms with E-state index in [1.54, 1.807) is 0 Å². The molecule has 0 aliphatic heterocycles. The van der Waals surface area contributed by atoms with E-state index >= 15 is 0 Å². The van der Waals surface area contributed by atoms with E-state index in [9.17, 15) is 0 Å². The first-order valence-electron chi connectivity index (χ1n) is 3.99. The van der Waals surface area contributed by atoms with Crippen LogP contribution in [-0.2, 0) is 5.88 Å². The summed E-state index contributed by atoms with van der Waals surface area (Å²) in [6.07, 6.45) is 0. The Morgan fingerprint density at radius 2 is 2.08 bits per heavy atom. The fraction of sp³-hybridized carbons (Fsp3) is 0.400. The van der Waals surface area contributed by atoms with Gasteiger partial charge in [0.05, 0.1) is 0 Å². The van der Waals surface area contributed by atoms with Crippen molar-refractivity contribution in [2.75, 3.05) is 0 Å². The lowest BCUT2D eigenvalue weighted by molar-refractivity contribution is 0.858. The fourth-order valence-electron chi connectivity index (χ4n) is 1.12. The second-order valence-electron chi connectivity index (χ2n) is 3.14. The van der Waals surface area contributed by atoms with E-state index in [4.69, 9.17) is 11.6 Å². The third kappa shape index (κ3) is 2.36. The summed E-state index contributed by atoms with van der Waals surface area (Å²) < 4.78 is 1.33. The van der Waals surface area contributed by atoms with Crippen molar-refractivity contribution in [1.29, 1.82) is 0 Å². The summed E-state index contributed by atoms with van der Waals surface area (Å²) in [6, 6.07) is 6.41. The third-order valence-electron chi connectivity index (χ3n) is 1.84. The maximum Gasteiger partial charge on any atom is 0.0474 e. The highest BCUT2D eigenvalue weighted by Gasteiger charge is 2.04. The molecule has 0 nitrogen and oxygen atoms in total. The van der Waals surface area contributed by atoms with E-state index in [0.29, 0.717) is 11.8 Å². The minimum Gasteiger partial charge on any atom is -0.122 e. The standard InChI is InChI=1S/C10H12ClI/c1-7(2)9-5-8(6-11)3-4-10(9)12/h3-5,7H,6H2,1-2H3. The second kappa shape index (κ2) is 4.47. The van der Waals surface area contributed by atoms with Gasteiger partial charge < -0.3 is 0 Å². The molecule has 0 spiro atoms. The van der Waals surface area contributed by atoms with Gasteiger partial charge in [-0.3, -0.25) is 0 Å². The van der Waals surface area contributed by atoms with E-state index in [0.717, 1.165) is 0 Å². The maximum absolute atomic E-state index is 5.75. The maximum atomic E-state index is 5.75. The molecule has 0 aromatic heterocycles. The molecule has 0 saturated carbocycles. The van der Waals surface area contributed by atoms with Crippen LogP contribution in [0.15, 0.2) is 18.2 Å². The Hall–Kier alpha value is 0.240. The second-order valence-corrected chi connectivity index (χ2v) is 4.57. The van der Waals surface area contributed by atoms with Gasteiger partial charge in [0.2, 0.25) is 0 Å². The fourth-order valence-corrected chi connectivity index (χ4v) is 2.24. The number of hydrogen-bond acceptors (Lipinski definition) is 0. The highest BCUT2D eigenvalue weighted by molar-refractivity contribution is 14.1. The lowest BCUT2D eigenvalue weighted by atomic mass is 10.0. The first-order chi connectivity index (χ1) is 5.65. The van der Waals surface area contributed by atoms with Gasteiger partial charge in [-0.15, -0.1) is 11.6 Å². The zero-order chi connectivity index (χ0) is 9.14. The molecule has 0 fully saturated rings. The smallest absolute Gasteiger partial charge is 0.0474 e. The molecule has 0 bridgehead atoms.